The summed E-state index contributed by atoms with van der Waals surface area (Å²) in [6.45, 7) is 4.02. The van der Waals surface area contributed by atoms with Crippen LogP contribution in [0.4, 0.5) is 0 Å². The lowest BCUT2D eigenvalue weighted by atomic mass is 10.3. The zero-order valence-corrected chi connectivity index (χ0v) is 14.1. The molecular weight excluding hydrogens is 332 g/mol. The van der Waals surface area contributed by atoms with Crippen LogP contribution < -0.4 is 0 Å². The van der Waals surface area contributed by atoms with Gasteiger partial charge in [0.2, 0.25) is 5.78 Å². The van der Waals surface area contributed by atoms with Crippen molar-refractivity contribution < 1.29 is 4.42 Å². The quantitative estimate of drug-likeness (QED) is 0.514. The van der Waals surface area contributed by atoms with Crippen molar-refractivity contribution >= 4 is 40.2 Å². The molecule has 3 heterocycles. The first-order chi connectivity index (χ1) is 11.1. The smallest absolute Gasteiger partial charge is 0.257 e. The average Bonchev–Trinajstić information content (AvgIpc) is 3.07. The van der Waals surface area contributed by atoms with Crippen LogP contribution in [0.2, 0.25) is 5.02 Å². The van der Waals surface area contributed by atoms with Crippen LogP contribution in [0.25, 0.3) is 16.9 Å². The topological polar surface area (TPSA) is 56.2 Å². The van der Waals surface area contributed by atoms with E-state index < -0.39 is 0 Å². The number of hydrogen-bond donors (Lipinski definition) is 0. The number of aryl methyl sites for hydroxylation is 2. The number of oxazole rings is 1. The van der Waals surface area contributed by atoms with Gasteiger partial charge in [0.25, 0.3) is 5.22 Å². The van der Waals surface area contributed by atoms with Crippen molar-refractivity contribution in [3.8, 4) is 0 Å². The van der Waals surface area contributed by atoms with E-state index >= 15 is 0 Å². The molecule has 116 valence electrons. The standard InChI is InChI=1S/C16H13ClN4OS/c1-9-5-10(2)21-7-12(19-15(21)18-9)8-23-16-20-13-4-3-11(17)6-14(13)22-16/h3-7H,8H2,1-2H3. The van der Waals surface area contributed by atoms with E-state index in [2.05, 4.69) is 15.0 Å². The number of nitrogens with zero attached hydrogens (tertiary/aromatic N) is 4. The van der Waals surface area contributed by atoms with Crippen molar-refractivity contribution in [2.75, 3.05) is 0 Å². The Morgan fingerprint density at radius 3 is 2.91 bits per heavy atom. The molecule has 0 saturated carbocycles. The Hall–Kier alpha value is -2.05. The third-order valence-electron chi connectivity index (χ3n) is 3.49. The summed E-state index contributed by atoms with van der Waals surface area (Å²) >= 11 is 7.47. The minimum Gasteiger partial charge on any atom is -0.431 e. The molecule has 5 nitrogen and oxygen atoms in total. The minimum absolute atomic E-state index is 0.611. The third-order valence-corrected chi connectivity index (χ3v) is 4.58. The van der Waals surface area contributed by atoms with E-state index in [0.717, 1.165) is 28.4 Å². The first-order valence-electron chi connectivity index (χ1n) is 7.09. The highest BCUT2D eigenvalue weighted by Gasteiger charge is 2.10. The van der Waals surface area contributed by atoms with Gasteiger partial charge in [0.1, 0.15) is 5.52 Å². The molecule has 3 aromatic heterocycles. The van der Waals surface area contributed by atoms with Crippen LogP contribution in [0, 0.1) is 13.8 Å². The monoisotopic (exact) mass is 344 g/mol. The summed E-state index contributed by atoms with van der Waals surface area (Å²) in [5, 5.41) is 1.25. The molecule has 0 unspecified atom stereocenters. The molecule has 0 bridgehead atoms. The number of benzene rings is 1. The molecule has 0 amide bonds. The van der Waals surface area contributed by atoms with E-state index in [1.54, 1.807) is 12.1 Å². The van der Waals surface area contributed by atoms with Crippen LogP contribution >= 0.6 is 23.4 Å². The maximum absolute atomic E-state index is 5.96. The van der Waals surface area contributed by atoms with Crippen molar-refractivity contribution in [1.82, 2.24) is 19.4 Å². The normalized spacial score (nSPS) is 11.6. The Morgan fingerprint density at radius 2 is 2.04 bits per heavy atom. The molecule has 0 fully saturated rings. The highest BCUT2D eigenvalue weighted by atomic mass is 35.5. The fraction of sp³-hybridized carbons (Fsp3) is 0.188. The van der Waals surface area contributed by atoms with E-state index in [0.29, 0.717) is 21.6 Å². The van der Waals surface area contributed by atoms with Crippen LogP contribution in [0.1, 0.15) is 17.1 Å². The van der Waals surface area contributed by atoms with Crippen LogP contribution in [-0.4, -0.2) is 19.4 Å². The Balaban J connectivity index is 1.59. The van der Waals surface area contributed by atoms with Gasteiger partial charge in [0, 0.05) is 34.4 Å². The van der Waals surface area contributed by atoms with Gasteiger partial charge in [-0.2, -0.15) is 0 Å². The molecule has 7 heteroatoms. The second-order valence-corrected chi connectivity index (χ2v) is 6.68. The molecular formula is C16H13ClN4OS. The molecule has 0 aliphatic carbocycles. The number of aromatic nitrogens is 4. The summed E-state index contributed by atoms with van der Waals surface area (Å²) in [6.07, 6.45) is 2.00. The van der Waals surface area contributed by atoms with Gasteiger partial charge < -0.3 is 4.42 Å². The van der Waals surface area contributed by atoms with Gasteiger partial charge >= 0.3 is 0 Å². The fourth-order valence-corrected chi connectivity index (χ4v) is 3.35. The van der Waals surface area contributed by atoms with E-state index in [1.165, 1.54) is 11.8 Å². The molecule has 0 N–H and O–H groups in total. The lowest BCUT2D eigenvalue weighted by Gasteiger charge is -1.98. The summed E-state index contributed by atoms with van der Waals surface area (Å²) < 4.78 is 7.70. The van der Waals surface area contributed by atoms with Gasteiger partial charge in [0.15, 0.2) is 5.58 Å². The van der Waals surface area contributed by atoms with Gasteiger partial charge in [0.05, 0.1) is 5.69 Å². The second kappa shape index (κ2) is 5.54. The first-order valence-corrected chi connectivity index (χ1v) is 8.46. The number of halogens is 1. The number of rotatable bonds is 3. The molecule has 0 spiro atoms. The van der Waals surface area contributed by atoms with Gasteiger partial charge in [-0.3, -0.25) is 4.40 Å². The molecule has 0 radical (unpaired) electrons. The molecule has 0 atom stereocenters. The second-order valence-electron chi connectivity index (χ2n) is 5.32. The van der Waals surface area contributed by atoms with Gasteiger partial charge in [-0.1, -0.05) is 23.4 Å². The summed E-state index contributed by atoms with van der Waals surface area (Å²) in [6, 6.07) is 7.47. The average molecular weight is 345 g/mol. The summed E-state index contributed by atoms with van der Waals surface area (Å²) in [5.74, 6) is 1.39. The molecule has 1 aromatic carbocycles. The van der Waals surface area contributed by atoms with E-state index in [4.69, 9.17) is 16.0 Å². The maximum atomic E-state index is 5.96. The molecule has 23 heavy (non-hydrogen) atoms. The molecule has 0 aliphatic heterocycles. The number of imidazole rings is 1. The van der Waals surface area contributed by atoms with Crippen molar-refractivity contribution in [2.24, 2.45) is 0 Å². The van der Waals surface area contributed by atoms with Gasteiger partial charge in [-0.25, -0.2) is 15.0 Å². The Kier molecular flexibility index (Phi) is 3.50. The molecule has 4 aromatic rings. The number of fused-ring (bicyclic) bond motifs is 2. The minimum atomic E-state index is 0.611. The fourth-order valence-electron chi connectivity index (χ4n) is 2.46. The van der Waals surface area contributed by atoms with Crippen molar-refractivity contribution in [3.05, 3.63) is 52.6 Å². The predicted molar refractivity (Wildman–Crippen MR) is 91.0 cm³/mol. The molecule has 4 rings (SSSR count). The molecule has 0 aliphatic rings. The zero-order valence-electron chi connectivity index (χ0n) is 12.6. The lowest BCUT2D eigenvalue weighted by Crippen LogP contribution is -1.94. The van der Waals surface area contributed by atoms with Crippen LogP contribution in [0.5, 0.6) is 0 Å². The largest absolute Gasteiger partial charge is 0.431 e. The van der Waals surface area contributed by atoms with Crippen LogP contribution in [0.3, 0.4) is 0 Å². The summed E-state index contributed by atoms with van der Waals surface area (Å²) in [5.41, 5.74) is 4.53. The highest BCUT2D eigenvalue weighted by Crippen LogP contribution is 2.27. The first kappa shape index (κ1) is 14.5. The molecule has 0 saturated heterocycles. The maximum Gasteiger partial charge on any atom is 0.257 e. The van der Waals surface area contributed by atoms with Gasteiger partial charge in [-0.05, 0) is 32.0 Å². The Bertz CT molecular complexity index is 1020. The van der Waals surface area contributed by atoms with Gasteiger partial charge in [-0.15, -0.1) is 0 Å². The van der Waals surface area contributed by atoms with E-state index in [9.17, 15) is 0 Å². The van der Waals surface area contributed by atoms with Crippen LogP contribution in [0.15, 0.2) is 40.1 Å². The van der Waals surface area contributed by atoms with Crippen LogP contribution in [-0.2, 0) is 5.75 Å². The summed E-state index contributed by atoms with van der Waals surface area (Å²) in [4.78, 5) is 13.4. The third kappa shape index (κ3) is 2.80. The van der Waals surface area contributed by atoms with Crippen molar-refractivity contribution in [2.45, 2.75) is 24.8 Å². The lowest BCUT2D eigenvalue weighted by molar-refractivity contribution is 0.489. The predicted octanol–water partition coefficient (Wildman–Crippen LogP) is 4.43. The zero-order chi connectivity index (χ0) is 16.0. The Labute approximate surface area is 141 Å². The van der Waals surface area contributed by atoms with Crippen molar-refractivity contribution in [3.63, 3.8) is 0 Å². The number of hydrogen-bond acceptors (Lipinski definition) is 5. The highest BCUT2D eigenvalue weighted by molar-refractivity contribution is 7.98. The van der Waals surface area contributed by atoms with E-state index in [1.807, 2.05) is 36.6 Å². The Morgan fingerprint density at radius 1 is 1.17 bits per heavy atom. The SMILES string of the molecule is Cc1cc(C)n2cc(CSc3nc4ccc(Cl)cc4o3)nc2n1. The number of thioether (sulfide) groups is 1. The summed E-state index contributed by atoms with van der Waals surface area (Å²) in [7, 11) is 0. The van der Waals surface area contributed by atoms with E-state index in [-0.39, 0.29) is 0 Å². The van der Waals surface area contributed by atoms with Crippen molar-refractivity contribution in [1.29, 1.82) is 0 Å².